The first kappa shape index (κ1) is 12.1. The van der Waals surface area contributed by atoms with Crippen molar-refractivity contribution in [1.29, 1.82) is 0 Å². The number of hydrogen-bond donors (Lipinski definition) is 1. The van der Waals surface area contributed by atoms with E-state index < -0.39 is 0 Å². The number of nitrogens with one attached hydrogen (secondary N) is 1. The molecule has 17 heavy (non-hydrogen) atoms. The van der Waals surface area contributed by atoms with Crippen molar-refractivity contribution in [3.05, 3.63) is 29.8 Å². The molecule has 1 fully saturated rings. The lowest BCUT2D eigenvalue weighted by Gasteiger charge is -2.20. The number of anilines is 1. The second-order valence-corrected chi connectivity index (χ2v) is 4.69. The molecule has 1 aromatic carbocycles. The summed E-state index contributed by atoms with van der Waals surface area (Å²) in [6, 6.07) is 8.05. The molecule has 0 amide bonds. The van der Waals surface area contributed by atoms with Crippen molar-refractivity contribution < 1.29 is 9.53 Å². The van der Waals surface area contributed by atoms with Gasteiger partial charge in [-0.2, -0.15) is 0 Å². The minimum absolute atomic E-state index is 0.105. The first-order valence-electron chi connectivity index (χ1n) is 6.12. The van der Waals surface area contributed by atoms with E-state index in [2.05, 4.69) is 12.2 Å². The highest BCUT2D eigenvalue weighted by molar-refractivity contribution is 5.94. The van der Waals surface area contributed by atoms with Crippen molar-refractivity contribution >= 4 is 11.5 Å². The van der Waals surface area contributed by atoms with Crippen molar-refractivity contribution in [2.45, 2.75) is 26.3 Å². The highest BCUT2D eigenvalue weighted by Gasteiger charge is 2.21. The summed E-state index contributed by atoms with van der Waals surface area (Å²) in [6.45, 7) is 5.48. The molecule has 0 aromatic heterocycles. The molecule has 92 valence electrons. The Kier molecular flexibility index (Phi) is 3.79. The van der Waals surface area contributed by atoms with Gasteiger partial charge in [-0.1, -0.05) is 0 Å². The number of carbonyl (C=O) groups is 1. The van der Waals surface area contributed by atoms with Gasteiger partial charge < -0.3 is 10.1 Å². The maximum Gasteiger partial charge on any atom is 0.159 e. The third-order valence-electron chi connectivity index (χ3n) is 3.36. The molecule has 1 aromatic rings. The number of carbonyl (C=O) groups excluding carboxylic acids is 1. The molecule has 0 saturated carbocycles. The van der Waals surface area contributed by atoms with Crippen LogP contribution in [0.5, 0.6) is 0 Å². The summed E-state index contributed by atoms with van der Waals surface area (Å²) in [5.41, 5.74) is 1.82. The van der Waals surface area contributed by atoms with Crippen LogP contribution in [0.4, 0.5) is 5.69 Å². The van der Waals surface area contributed by atoms with Crippen LogP contribution in [-0.2, 0) is 4.74 Å². The first-order chi connectivity index (χ1) is 8.16. The molecule has 1 saturated heterocycles. The highest BCUT2D eigenvalue weighted by atomic mass is 16.5. The van der Waals surface area contributed by atoms with Gasteiger partial charge in [0.15, 0.2) is 5.78 Å². The van der Waals surface area contributed by atoms with Crippen LogP contribution in [0.3, 0.4) is 0 Å². The Labute approximate surface area is 102 Å². The smallest absolute Gasteiger partial charge is 0.159 e. The lowest BCUT2D eigenvalue weighted by atomic mass is 10.0. The van der Waals surface area contributed by atoms with Gasteiger partial charge in [-0.25, -0.2) is 0 Å². The van der Waals surface area contributed by atoms with Crippen molar-refractivity contribution in [2.75, 3.05) is 18.5 Å². The fourth-order valence-corrected chi connectivity index (χ4v) is 2.13. The molecule has 1 heterocycles. The van der Waals surface area contributed by atoms with E-state index in [0.29, 0.717) is 12.0 Å². The van der Waals surface area contributed by atoms with Crippen LogP contribution in [0.1, 0.15) is 30.6 Å². The first-order valence-corrected chi connectivity index (χ1v) is 6.12. The Morgan fingerprint density at radius 2 is 2.12 bits per heavy atom. The molecule has 2 rings (SSSR count). The van der Waals surface area contributed by atoms with E-state index in [-0.39, 0.29) is 5.78 Å². The van der Waals surface area contributed by atoms with E-state index >= 15 is 0 Å². The van der Waals surface area contributed by atoms with Crippen molar-refractivity contribution in [2.24, 2.45) is 5.92 Å². The number of ketones is 1. The zero-order valence-electron chi connectivity index (χ0n) is 10.4. The van der Waals surface area contributed by atoms with Crippen LogP contribution in [0.15, 0.2) is 24.3 Å². The van der Waals surface area contributed by atoms with E-state index in [4.69, 9.17) is 4.74 Å². The molecule has 2 atom stereocenters. The number of ether oxygens (including phenoxy) is 1. The summed E-state index contributed by atoms with van der Waals surface area (Å²) < 4.78 is 5.38. The fourth-order valence-electron chi connectivity index (χ4n) is 2.13. The third kappa shape index (κ3) is 3.07. The summed E-state index contributed by atoms with van der Waals surface area (Å²) in [5.74, 6) is 0.691. The molecule has 1 aliphatic rings. The van der Waals surface area contributed by atoms with Gasteiger partial charge in [0.2, 0.25) is 0 Å². The lowest BCUT2D eigenvalue weighted by Crippen LogP contribution is -2.26. The fraction of sp³-hybridized carbons (Fsp3) is 0.500. The van der Waals surface area contributed by atoms with Gasteiger partial charge in [-0.15, -0.1) is 0 Å². The average molecular weight is 233 g/mol. The summed E-state index contributed by atoms with van der Waals surface area (Å²) in [7, 11) is 0. The van der Waals surface area contributed by atoms with Gasteiger partial charge in [0, 0.05) is 29.8 Å². The number of hydrogen-bond acceptors (Lipinski definition) is 3. The van der Waals surface area contributed by atoms with Gasteiger partial charge in [0.25, 0.3) is 0 Å². The van der Waals surface area contributed by atoms with Crippen molar-refractivity contribution in [3.63, 3.8) is 0 Å². The molecule has 3 heteroatoms. The average Bonchev–Trinajstić information content (AvgIpc) is 2.83. The van der Waals surface area contributed by atoms with Crippen molar-refractivity contribution in [3.8, 4) is 0 Å². The molecular formula is C14H19NO2. The van der Waals surface area contributed by atoms with Gasteiger partial charge in [0.1, 0.15) is 0 Å². The van der Waals surface area contributed by atoms with Crippen LogP contribution < -0.4 is 5.32 Å². The van der Waals surface area contributed by atoms with Crippen LogP contribution in [-0.4, -0.2) is 25.0 Å². The van der Waals surface area contributed by atoms with Crippen LogP contribution in [0.2, 0.25) is 0 Å². The van der Waals surface area contributed by atoms with Gasteiger partial charge >= 0.3 is 0 Å². The largest absolute Gasteiger partial charge is 0.382 e. The lowest BCUT2D eigenvalue weighted by molar-refractivity contribution is 0.101. The summed E-state index contributed by atoms with van der Waals surface area (Å²) in [6.07, 6.45) is 1.12. The minimum Gasteiger partial charge on any atom is -0.382 e. The monoisotopic (exact) mass is 233 g/mol. The molecule has 0 bridgehead atoms. The van der Waals surface area contributed by atoms with E-state index in [1.54, 1.807) is 6.92 Å². The predicted molar refractivity (Wildman–Crippen MR) is 68.5 cm³/mol. The van der Waals surface area contributed by atoms with E-state index in [0.717, 1.165) is 30.9 Å². The molecule has 0 spiro atoms. The Balaban J connectivity index is 1.96. The third-order valence-corrected chi connectivity index (χ3v) is 3.36. The zero-order chi connectivity index (χ0) is 12.3. The standard InChI is InChI=1S/C14H19NO2/c1-10(13-7-8-17-9-13)15-14-5-3-12(4-6-14)11(2)16/h3-6,10,13,15H,7-9H2,1-2H3. The predicted octanol–water partition coefficient (Wildman–Crippen LogP) is 2.73. The van der Waals surface area contributed by atoms with Crippen molar-refractivity contribution in [1.82, 2.24) is 0 Å². The molecule has 2 unspecified atom stereocenters. The van der Waals surface area contributed by atoms with Gasteiger partial charge in [-0.05, 0) is 44.5 Å². The van der Waals surface area contributed by atoms with Crippen LogP contribution in [0.25, 0.3) is 0 Å². The second-order valence-electron chi connectivity index (χ2n) is 4.69. The normalized spacial score (nSPS) is 21.2. The van der Waals surface area contributed by atoms with Gasteiger partial charge in [-0.3, -0.25) is 4.79 Å². The maximum absolute atomic E-state index is 11.2. The molecule has 1 N–H and O–H groups in total. The topological polar surface area (TPSA) is 38.3 Å². The minimum atomic E-state index is 0.105. The van der Waals surface area contributed by atoms with Crippen LogP contribution in [0, 0.1) is 5.92 Å². The molecule has 0 radical (unpaired) electrons. The summed E-state index contributed by atoms with van der Waals surface area (Å²) >= 11 is 0. The highest BCUT2D eigenvalue weighted by Crippen LogP contribution is 2.20. The van der Waals surface area contributed by atoms with Gasteiger partial charge in [0.05, 0.1) is 6.61 Å². The summed E-state index contributed by atoms with van der Waals surface area (Å²) in [5, 5.41) is 3.46. The van der Waals surface area contributed by atoms with E-state index in [9.17, 15) is 4.79 Å². The molecule has 0 aliphatic carbocycles. The number of rotatable bonds is 4. The van der Waals surface area contributed by atoms with E-state index in [1.165, 1.54) is 0 Å². The number of Topliss-reactive ketones (excluding diaryl/α,β-unsaturated/α-hetero) is 1. The number of benzene rings is 1. The maximum atomic E-state index is 11.2. The summed E-state index contributed by atoms with van der Waals surface area (Å²) in [4.78, 5) is 11.2. The molecular weight excluding hydrogens is 214 g/mol. The molecule has 1 aliphatic heterocycles. The Bertz CT molecular complexity index is 380. The Morgan fingerprint density at radius 1 is 1.41 bits per heavy atom. The van der Waals surface area contributed by atoms with Crippen LogP contribution >= 0.6 is 0 Å². The Morgan fingerprint density at radius 3 is 2.65 bits per heavy atom. The second kappa shape index (κ2) is 5.32. The SMILES string of the molecule is CC(=O)c1ccc(NC(C)C2CCOC2)cc1. The van der Waals surface area contributed by atoms with E-state index in [1.807, 2.05) is 24.3 Å². The zero-order valence-corrected chi connectivity index (χ0v) is 10.4. The molecule has 3 nitrogen and oxygen atoms in total. The quantitative estimate of drug-likeness (QED) is 0.813. The Hall–Kier alpha value is -1.35.